The average Bonchev–Trinajstić information content (AvgIpc) is 2.95. The number of benzene rings is 1. The van der Waals surface area contributed by atoms with Crippen molar-refractivity contribution in [2.24, 2.45) is 5.10 Å². The van der Waals surface area contributed by atoms with Crippen molar-refractivity contribution in [2.45, 2.75) is 20.0 Å². The SMILES string of the molecule is CCOC(=O)Cc1csc(NN=Cc2ccc(CO)c(F)c2)n1. The molecule has 23 heavy (non-hydrogen) atoms. The van der Waals surface area contributed by atoms with Crippen molar-refractivity contribution in [3.05, 3.63) is 46.2 Å². The van der Waals surface area contributed by atoms with Crippen molar-refractivity contribution in [1.29, 1.82) is 0 Å². The highest BCUT2D eigenvalue weighted by molar-refractivity contribution is 7.13. The van der Waals surface area contributed by atoms with Crippen LogP contribution in [0, 0.1) is 5.82 Å². The topological polar surface area (TPSA) is 83.8 Å². The predicted molar refractivity (Wildman–Crippen MR) is 86.0 cm³/mol. The van der Waals surface area contributed by atoms with Gasteiger partial charge in [-0.25, -0.2) is 9.37 Å². The number of carbonyl (C=O) groups excluding carboxylic acids is 1. The molecule has 0 amide bonds. The summed E-state index contributed by atoms with van der Waals surface area (Å²) in [5.74, 6) is -0.810. The molecule has 2 N–H and O–H groups in total. The van der Waals surface area contributed by atoms with Crippen LogP contribution in [0.5, 0.6) is 0 Å². The molecular formula is C15H16FN3O3S. The van der Waals surface area contributed by atoms with Crippen molar-refractivity contribution in [3.63, 3.8) is 0 Å². The van der Waals surface area contributed by atoms with Crippen molar-refractivity contribution >= 4 is 28.7 Å². The molecule has 2 aromatic rings. The van der Waals surface area contributed by atoms with Crippen molar-refractivity contribution < 1.29 is 19.0 Å². The summed E-state index contributed by atoms with van der Waals surface area (Å²) in [5.41, 5.74) is 4.11. The second kappa shape index (κ2) is 8.35. The number of carbonyl (C=O) groups is 1. The molecule has 2 rings (SSSR count). The fraction of sp³-hybridized carbons (Fsp3) is 0.267. The molecule has 122 valence electrons. The summed E-state index contributed by atoms with van der Waals surface area (Å²) in [6, 6.07) is 4.43. The van der Waals surface area contributed by atoms with Crippen LogP contribution in [0.15, 0.2) is 28.7 Å². The maximum Gasteiger partial charge on any atom is 0.311 e. The number of hydrogen-bond donors (Lipinski definition) is 2. The summed E-state index contributed by atoms with van der Waals surface area (Å²) in [4.78, 5) is 15.5. The zero-order valence-corrected chi connectivity index (χ0v) is 13.3. The second-order valence-corrected chi connectivity index (χ2v) is 5.36. The van der Waals surface area contributed by atoms with Gasteiger partial charge in [0, 0.05) is 10.9 Å². The van der Waals surface area contributed by atoms with E-state index in [-0.39, 0.29) is 24.6 Å². The van der Waals surface area contributed by atoms with E-state index in [1.807, 2.05) is 0 Å². The van der Waals surface area contributed by atoms with Crippen LogP contribution >= 0.6 is 11.3 Å². The smallest absolute Gasteiger partial charge is 0.311 e. The summed E-state index contributed by atoms with van der Waals surface area (Å²) in [5, 5.41) is 15.1. The molecule has 0 aliphatic carbocycles. The third-order valence-electron chi connectivity index (χ3n) is 2.80. The van der Waals surface area contributed by atoms with Crippen LogP contribution in [-0.2, 0) is 22.6 Å². The van der Waals surface area contributed by atoms with E-state index < -0.39 is 5.82 Å². The van der Waals surface area contributed by atoms with Gasteiger partial charge in [0.1, 0.15) is 5.82 Å². The van der Waals surface area contributed by atoms with E-state index >= 15 is 0 Å². The highest BCUT2D eigenvalue weighted by Gasteiger charge is 2.08. The van der Waals surface area contributed by atoms with Gasteiger partial charge in [-0.1, -0.05) is 12.1 Å². The monoisotopic (exact) mass is 337 g/mol. The van der Waals surface area contributed by atoms with Crippen LogP contribution in [0.3, 0.4) is 0 Å². The molecule has 0 saturated carbocycles. The minimum absolute atomic E-state index is 0.115. The van der Waals surface area contributed by atoms with Crippen molar-refractivity contribution in [3.8, 4) is 0 Å². The largest absolute Gasteiger partial charge is 0.466 e. The number of nitrogens with zero attached hydrogens (tertiary/aromatic N) is 2. The number of hydrogen-bond acceptors (Lipinski definition) is 7. The van der Waals surface area contributed by atoms with E-state index in [1.165, 1.54) is 29.7 Å². The number of rotatable bonds is 7. The summed E-state index contributed by atoms with van der Waals surface area (Å²) in [6.45, 7) is 1.74. The number of aromatic nitrogens is 1. The first-order valence-electron chi connectivity index (χ1n) is 6.90. The quantitative estimate of drug-likeness (QED) is 0.460. The summed E-state index contributed by atoms with van der Waals surface area (Å²) >= 11 is 1.30. The number of aliphatic hydroxyl groups excluding tert-OH is 1. The highest BCUT2D eigenvalue weighted by Crippen LogP contribution is 2.16. The normalized spacial score (nSPS) is 10.9. The van der Waals surface area contributed by atoms with Gasteiger partial charge in [0.25, 0.3) is 0 Å². The van der Waals surface area contributed by atoms with Crippen molar-refractivity contribution in [1.82, 2.24) is 4.98 Å². The zero-order valence-electron chi connectivity index (χ0n) is 12.5. The van der Waals surface area contributed by atoms with Gasteiger partial charge in [-0.15, -0.1) is 11.3 Å². The molecule has 0 aliphatic heterocycles. The van der Waals surface area contributed by atoms with Crippen LogP contribution in [-0.4, -0.2) is 28.9 Å². The molecule has 0 spiro atoms. The lowest BCUT2D eigenvalue weighted by molar-refractivity contribution is -0.142. The van der Waals surface area contributed by atoms with E-state index in [4.69, 9.17) is 9.84 Å². The number of ether oxygens (including phenoxy) is 1. The number of hydrazone groups is 1. The Morgan fingerprint density at radius 3 is 3.09 bits per heavy atom. The molecule has 0 fully saturated rings. The fourth-order valence-electron chi connectivity index (χ4n) is 1.73. The van der Waals surface area contributed by atoms with Gasteiger partial charge in [0.2, 0.25) is 5.13 Å². The average molecular weight is 337 g/mol. The van der Waals surface area contributed by atoms with E-state index in [2.05, 4.69) is 15.5 Å². The molecular weight excluding hydrogens is 321 g/mol. The Hall–Kier alpha value is -2.32. The first-order valence-corrected chi connectivity index (χ1v) is 7.78. The summed E-state index contributed by atoms with van der Waals surface area (Å²) < 4.78 is 18.3. The second-order valence-electron chi connectivity index (χ2n) is 4.50. The predicted octanol–water partition coefficient (Wildman–Crippen LogP) is 2.33. The summed E-state index contributed by atoms with van der Waals surface area (Å²) in [7, 11) is 0. The Labute approximate surface area is 136 Å². The number of anilines is 1. The van der Waals surface area contributed by atoms with E-state index in [9.17, 15) is 9.18 Å². The van der Waals surface area contributed by atoms with Crippen LogP contribution < -0.4 is 5.43 Å². The van der Waals surface area contributed by atoms with Gasteiger partial charge in [-0.2, -0.15) is 5.10 Å². The van der Waals surface area contributed by atoms with E-state index in [0.717, 1.165) is 0 Å². The third kappa shape index (κ3) is 5.11. The van der Waals surface area contributed by atoms with Gasteiger partial charge in [-0.3, -0.25) is 10.2 Å². The molecule has 0 aliphatic rings. The molecule has 0 saturated heterocycles. The third-order valence-corrected chi connectivity index (χ3v) is 3.60. The number of esters is 1. The lowest BCUT2D eigenvalue weighted by Gasteiger charge is -2.00. The molecule has 1 aromatic carbocycles. The van der Waals surface area contributed by atoms with Gasteiger partial charge in [0.05, 0.1) is 31.5 Å². The van der Waals surface area contributed by atoms with Gasteiger partial charge in [-0.05, 0) is 18.6 Å². The minimum atomic E-state index is -0.484. The van der Waals surface area contributed by atoms with Crippen molar-refractivity contribution in [2.75, 3.05) is 12.0 Å². The summed E-state index contributed by atoms with van der Waals surface area (Å²) in [6.07, 6.45) is 1.56. The van der Waals surface area contributed by atoms with Gasteiger partial charge >= 0.3 is 5.97 Å². The Balaban J connectivity index is 1.92. The molecule has 0 atom stereocenters. The van der Waals surface area contributed by atoms with Crippen LogP contribution in [0.25, 0.3) is 0 Å². The molecule has 1 heterocycles. The number of thiazole rings is 1. The fourth-order valence-corrected chi connectivity index (χ4v) is 2.39. The number of nitrogens with one attached hydrogen (secondary N) is 1. The maximum absolute atomic E-state index is 13.5. The maximum atomic E-state index is 13.5. The molecule has 0 unspecified atom stereocenters. The lowest BCUT2D eigenvalue weighted by Crippen LogP contribution is -2.07. The first kappa shape index (κ1) is 17.0. The Kier molecular flexibility index (Phi) is 6.19. The van der Waals surface area contributed by atoms with Crippen LogP contribution in [0.1, 0.15) is 23.7 Å². The highest BCUT2D eigenvalue weighted by atomic mass is 32.1. The van der Waals surface area contributed by atoms with Crippen LogP contribution in [0.4, 0.5) is 9.52 Å². The Morgan fingerprint density at radius 1 is 1.57 bits per heavy atom. The Bertz CT molecular complexity index is 703. The number of aliphatic hydroxyl groups is 1. The molecule has 1 aromatic heterocycles. The molecule has 8 heteroatoms. The Morgan fingerprint density at radius 2 is 2.39 bits per heavy atom. The zero-order chi connectivity index (χ0) is 16.7. The molecule has 0 bridgehead atoms. The minimum Gasteiger partial charge on any atom is -0.466 e. The standard InChI is InChI=1S/C15H16FN3O3S/c1-2-22-14(21)6-12-9-23-15(18-12)19-17-7-10-3-4-11(8-20)13(16)5-10/h3-5,7,9,20H,2,6,8H2,1H3,(H,18,19). The van der Waals surface area contributed by atoms with E-state index in [1.54, 1.807) is 18.4 Å². The first-order chi connectivity index (χ1) is 11.1. The van der Waals surface area contributed by atoms with E-state index in [0.29, 0.717) is 23.0 Å². The van der Waals surface area contributed by atoms with Gasteiger partial charge in [0.15, 0.2) is 0 Å². The van der Waals surface area contributed by atoms with Crippen LogP contribution in [0.2, 0.25) is 0 Å². The van der Waals surface area contributed by atoms with Gasteiger partial charge < -0.3 is 9.84 Å². The number of halogens is 1. The molecule has 6 nitrogen and oxygen atoms in total. The lowest BCUT2D eigenvalue weighted by atomic mass is 10.1. The molecule has 0 radical (unpaired) electrons.